The molecule has 1 saturated heterocycles. The molecule has 1 aliphatic rings. The Morgan fingerprint density at radius 2 is 1.84 bits per heavy atom. The van der Waals surface area contributed by atoms with E-state index in [9.17, 15) is 4.79 Å². The summed E-state index contributed by atoms with van der Waals surface area (Å²) >= 11 is 13.9. The highest BCUT2D eigenvalue weighted by atomic mass is 35.5. The summed E-state index contributed by atoms with van der Waals surface area (Å²) in [4.78, 5) is 25.2. The second kappa shape index (κ2) is 9.29. The van der Waals surface area contributed by atoms with Crippen molar-refractivity contribution < 1.29 is 4.74 Å². The Balaban J connectivity index is 1.51. The van der Waals surface area contributed by atoms with E-state index < -0.39 is 0 Å². The Morgan fingerprint density at radius 1 is 1.03 bits per heavy atom. The lowest BCUT2D eigenvalue weighted by atomic mass is 10.2. The molecule has 0 saturated carbocycles. The van der Waals surface area contributed by atoms with Crippen LogP contribution in [0, 0.1) is 0 Å². The zero-order chi connectivity index (χ0) is 22.1. The third kappa shape index (κ3) is 4.44. The number of morpholine rings is 1. The Kier molecular flexibility index (Phi) is 6.26. The molecular formula is C23H20Cl2N4O2S. The van der Waals surface area contributed by atoms with E-state index in [0.29, 0.717) is 47.3 Å². The molecule has 6 nitrogen and oxygen atoms in total. The summed E-state index contributed by atoms with van der Waals surface area (Å²) in [6.07, 6.45) is 0. The molecule has 164 valence electrons. The molecule has 0 amide bonds. The fraction of sp³-hybridized carbons (Fsp3) is 0.261. The zero-order valence-electron chi connectivity index (χ0n) is 17.1. The molecule has 0 N–H and O–H groups in total. The number of hydrogen-bond acceptors (Lipinski definition) is 6. The van der Waals surface area contributed by atoms with Crippen LogP contribution in [-0.4, -0.2) is 45.7 Å². The number of aromatic nitrogens is 3. The van der Waals surface area contributed by atoms with E-state index in [-0.39, 0.29) is 5.56 Å². The average Bonchev–Trinajstić information content (AvgIpc) is 3.25. The maximum absolute atomic E-state index is 13.4. The van der Waals surface area contributed by atoms with Crippen LogP contribution in [0.4, 0.5) is 0 Å². The first-order valence-corrected chi connectivity index (χ1v) is 11.9. The number of benzene rings is 2. The first-order chi connectivity index (χ1) is 15.6. The molecule has 3 heterocycles. The van der Waals surface area contributed by atoms with Crippen molar-refractivity contribution in [1.82, 2.24) is 19.4 Å². The molecule has 2 aromatic carbocycles. The summed E-state index contributed by atoms with van der Waals surface area (Å²) in [6.45, 7) is 3.96. The van der Waals surface area contributed by atoms with Crippen molar-refractivity contribution in [2.75, 3.05) is 26.3 Å². The van der Waals surface area contributed by atoms with Crippen LogP contribution in [0.3, 0.4) is 0 Å². The third-order valence-electron chi connectivity index (χ3n) is 5.46. The lowest BCUT2D eigenvalue weighted by Gasteiger charge is -2.27. The molecule has 4 aromatic rings. The van der Waals surface area contributed by atoms with Crippen LogP contribution >= 0.6 is 34.5 Å². The highest BCUT2D eigenvalue weighted by molar-refractivity contribution is 7.09. The summed E-state index contributed by atoms with van der Waals surface area (Å²) in [6, 6.07) is 12.8. The van der Waals surface area contributed by atoms with Gasteiger partial charge in [0.25, 0.3) is 5.56 Å². The number of rotatable bonds is 5. The van der Waals surface area contributed by atoms with Gasteiger partial charge < -0.3 is 4.74 Å². The van der Waals surface area contributed by atoms with E-state index in [1.54, 1.807) is 16.7 Å². The van der Waals surface area contributed by atoms with Crippen LogP contribution in [0.25, 0.3) is 22.2 Å². The Labute approximate surface area is 199 Å². The first-order valence-electron chi connectivity index (χ1n) is 10.3. The molecule has 9 heteroatoms. The summed E-state index contributed by atoms with van der Waals surface area (Å²) in [5, 5.41) is 4.50. The van der Waals surface area contributed by atoms with Crippen LogP contribution in [0.2, 0.25) is 10.0 Å². The van der Waals surface area contributed by atoms with Gasteiger partial charge in [-0.2, -0.15) is 0 Å². The number of halogens is 2. The number of fused-ring (bicyclic) bond motifs is 1. The maximum Gasteiger partial charge on any atom is 0.261 e. The first kappa shape index (κ1) is 21.6. The minimum atomic E-state index is -0.0554. The predicted molar refractivity (Wildman–Crippen MR) is 129 cm³/mol. The smallest absolute Gasteiger partial charge is 0.261 e. The van der Waals surface area contributed by atoms with Crippen LogP contribution in [0.5, 0.6) is 0 Å². The number of para-hydroxylation sites is 1. The monoisotopic (exact) mass is 486 g/mol. The molecule has 0 unspecified atom stereocenters. The molecule has 1 aliphatic heterocycles. The largest absolute Gasteiger partial charge is 0.379 e. The van der Waals surface area contributed by atoms with Crippen molar-refractivity contribution in [3.8, 4) is 11.3 Å². The fourth-order valence-corrected chi connectivity index (χ4v) is 5.08. The maximum atomic E-state index is 13.4. The van der Waals surface area contributed by atoms with Gasteiger partial charge in [-0.3, -0.25) is 14.3 Å². The summed E-state index contributed by atoms with van der Waals surface area (Å²) in [7, 11) is 0. The van der Waals surface area contributed by atoms with Gasteiger partial charge in [0, 0.05) is 29.1 Å². The Morgan fingerprint density at radius 3 is 2.66 bits per heavy atom. The quantitative estimate of drug-likeness (QED) is 0.408. The van der Waals surface area contributed by atoms with Crippen molar-refractivity contribution >= 4 is 45.4 Å². The van der Waals surface area contributed by atoms with Gasteiger partial charge in [0.1, 0.15) is 10.8 Å². The lowest BCUT2D eigenvalue weighted by molar-refractivity contribution is 0.0325. The summed E-state index contributed by atoms with van der Waals surface area (Å²) in [5.41, 5.74) is 2.24. The van der Waals surface area contributed by atoms with Crippen LogP contribution in [-0.2, 0) is 17.8 Å². The van der Waals surface area contributed by atoms with Crippen molar-refractivity contribution in [2.45, 2.75) is 13.1 Å². The minimum absolute atomic E-state index is 0.0554. The molecular weight excluding hydrogens is 467 g/mol. The zero-order valence-corrected chi connectivity index (χ0v) is 19.5. The van der Waals surface area contributed by atoms with E-state index in [2.05, 4.69) is 4.90 Å². The highest BCUT2D eigenvalue weighted by Gasteiger charge is 2.18. The highest BCUT2D eigenvalue weighted by Crippen LogP contribution is 2.31. The van der Waals surface area contributed by atoms with Crippen LogP contribution in [0.1, 0.15) is 10.8 Å². The number of thiazole rings is 1. The Hall–Kier alpha value is -2.29. The second-order valence-electron chi connectivity index (χ2n) is 7.58. The molecule has 5 rings (SSSR count). The second-order valence-corrected chi connectivity index (χ2v) is 9.36. The van der Waals surface area contributed by atoms with Gasteiger partial charge in [0.05, 0.1) is 47.9 Å². The molecule has 0 atom stereocenters. The van der Waals surface area contributed by atoms with Gasteiger partial charge in [-0.05, 0) is 30.3 Å². The van der Waals surface area contributed by atoms with Gasteiger partial charge in [-0.25, -0.2) is 9.97 Å². The topological polar surface area (TPSA) is 60.3 Å². The predicted octanol–water partition coefficient (Wildman–Crippen LogP) is 4.71. The van der Waals surface area contributed by atoms with Gasteiger partial charge in [-0.15, -0.1) is 11.3 Å². The normalized spacial score (nSPS) is 14.8. The van der Waals surface area contributed by atoms with E-state index in [1.807, 2.05) is 35.7 Å². The van der Waals surface area contributed by atoms with Crippen LogP contribution < -0.4 is 5.56 Å². The number of ether oxygens (including phenoxy) is 1. The fourth-order valence-electron chi connectivity index (χ4n) is 3.80. The molecule has 0 spiro atoms. The van der Waals surface area contributed by atoms with E-state index in [1.165, 1.54) is 11.3 Å². The minimum Gasteiger partial charge on any atom is -0.379 e. The number of hydrogen-bond donors (Lipinski definition) is 0. The number of nitrogens with zero attached hydrogens (tertiary/aromatic N) is 4. The third-order valence-corrected chi connectivity index (χ3v) is 6.84. The van der Waals surface area contributed by atoms with Crippen LogP contribution in [0.15, 0.2) is 52.6 Å². The van der Waals surface area contributed by atoms with Crippen molar-refractivity contribution in [3.63, 3.8) is 0 Å². The summed E-state index contributed by atoms with van der Waals surface area (Å²) in [5.74, 6) is 0.733. The molecule has 32 heavy (non-hydrogen) atoms. The molecule has 0 radical (unpaired) electrons. The molecule has 2 aromatic heterocycles. The Bertz CT molecular complexity index is 1330. The standard InChI is InChI=1S/C23H20Cl2N4O2S/c24-15-5-6-16(18(25)11-15)20-14-32-22(27-20)13-29-21(12-28-7-9-31-10-8-28)26-19-4-2-1-3-17(19)23(29)30/h1-6,11,14H,7-10,12-13H2. The molecule has 0 aliphatic carbocycles. The molecule has 0 bridgehead atoms. The molecule has 1 fully saturated rings. The van der Waals surface area contributed by atoms with E-state index in [0.717, 1.165) is 35.2 Å². The van der Waals surface area contributed by atoms with Gasteiger partial charge >= 0.3 is 0 Å². The van der Waals surface area contributed by atoms with Gasteiger partial charge in [0.2, 0.25) is 0 Å². The van der Waals surface area contributed by atoms with Crippen molar-refractivity contribution in [1.29, 1.82) is 0 Å². The SMILES string of the molecule is O=c1c2ccccc2nc(CN2CCOCC2)n1Cc1nc(-c2ccc(Cl)cc2Cl)cs1. The average molecular weight is 487 g/mol. The summed E-state index contributed by atoms with van der Waals surface area (Å²) < 4.78 is 7.20. The van der Waals surface area contributed by atoms with Crippen molar-refractivity contribution in [2.24, 2.45) is 0 Å². The lowest BCUT2D eigenvalue weighted by Crippen LogP contribution is -2.38. The van der Waals surface area contributed by atoms with Gasteiger partial charge in [-0.1, -0.05) is 35.3 Å². The van der Waals surface area contributed by atoms with E-state index >= 15 is 0 Å². The van der Waals surface area contributed by atoms with E-state index in [4.69, 9.17) is 37.9 Å². The van der Waals surface area contributed by atoms with Gasteiger partial charge in [0.15, 0.2) is 0 Å². The van der Waals surface area contributed by atoms with Crippen molar-refractivity contribution in [3.05, 3.63) is 79.1 Å².